The topological polar surface area (TPSA) is 43.4 Å². The number of hydrogen-bond donors (Lipinski definition) is 0. The molecule has 26 heavy (non-hydrogen) atoms. The van der Waals surface area contributed by atoms with Gasteiger partial charge < -0.3 is 4.74 Å². The molecule has 0 spiro atoms. The number of esters is 1. The molecule has 3 nitrogen and oxygen atoms in total. The lowest BCUT2D eigenvalue weighted by atomic mass is 9.96. The zero-order valence-corrected chi connectivity index (χ0v) is 14.6. The number of carbonyl (C=O) groups excluding carboxylic acids is 2. The number of benzene rings is 3. The normalized spacial score (nSPS) is 10.3. The van der Waals surface area contributed by atoms with E-state index in [0.717, 1.165) is 17.5 Å². The molecule has 130 valence electrons. The average Bonchev–Trinajstić information content (AvgIpc) is 2.72. The van der Waals surface area contributed by atoms with Crippen molar-refractivity contribution in [2.45, 2.75) is 13.3 Å². The van der Waals surface area contributed by atoms with Crippen molar-refractivity contribution in [2.75, 3.05) is 6.61 Å². The lowest BCUT2D eigenvalue weighted by molar-refractivity contribution is 0.0502. The van der Waals surface area contributed by atoms with E-state index in [9.17, 15) is 9.59 Å². The summed E-state index contributed by atoms with van der Waals surface area (Å²) in [5.74, 6) is -0.648. The molecular weight excluding hydrogens is 324 g/mol. The smallest absolute Gasteiger partial charge is 0.338 e. The van der Waals surface area contributed by atoms with E-state index in [2.05, 4.69) is 0 Å². The first-order chi connectivity index (χ1) is 12.7. The summed E-state index contributed by atoms with van der Waals surface area (Å²) in [5, 5.41) is 0. The van der Waals surface area contributed by atoms with E-state index in [1.54, 1.807) is 36.4 Å². The van der Waals surface area contributed by atoms with Crippen molar-refractivity contribution >= 4 is 11.8 Å². The molecule has 3 aromatic rings. The Kier molecular flexibility index (Phi) is 5.59. The minimum atomic E-state index is -0.461. The molecule has 3 aromatic carbocycles. The van der Waals surface area contributed by atoms with Crippen LogP contribution in [-0.2, 0) is 4.74 Å². The summed E-state index contributed by atoms with van der Waals surface area (Å²) in [6.07, 6.45) is 0.739. The highest BCUT2D eigenvalue weighted by molar-refractivity contribution is 6.14. The maximum Gasteiger partial charge on any atom is 0.338 e. The maximum atomic E-state index is 12.9. The third kappa shape index (κ3) is 3.89. The van der Waals surface area contributed by atoms with Crippen LogP contribution in [0.15, 0.2) is 78.9 Å². The monoisotopic (exact) mass is 344 g/mol. The standard InChI is InChI=1S/C23H20O3/c1-2-16-26-23(25)21-11-7-6-10-20(21)22(24)19-14-12-18(13-15-19)17-8-4-3-5-9-17/h3-15H,2,16H2,1H3. The first kappa shape index (κ1) is 17.6. The number of hydrogen-bond acceptors (Lipinski definition) is 3. The molecular formula is C23H20O3. The molecule has 3 rings (SSSR count). The minimum absolute atomic E-state index is 0.186. The molecule has 0 aliphatic carbocycles. The first-order valence-corrected chi connectivity index (χ1v) is 8.67. The highest BCUT2D eigenvalue weighted by Gasteiger charge is 2.19. The predicted octanol–water partition coefficient (Wildman–Crippen LogP) is 5.15. The Morgan fingerprint density at radius 2 is 1.31 bits per heavy atom. The van der Waals surface area contributed by atoms with Crippen LogP contribution in [0, 0.1) is 0 Å². The van der Waals surface area contributed by atoms with E-state index in [4.69, 9.17) is 4.74 Å². The number of rotatable bonds is 6. The fraction of sp³-hybridized carbons (Fsp3) is 0.130. The van der Waals surface area contributed by atoms with Gasteiger partial charge in [-0.2, -0.15) is 0 Å². The Morgan fingerprint density at radius 1 is 0.731 bits per heavy atom. The summed E-state index contributed by atoms with van der Waals surface area (Å²) < 4.78 is 5.19. The van der Waals surface area contributed by atoms with Crippen LogP contribution in [0.2, 0.25) is 0 Å². The number of ether oxygens (including phenoxy) is 1. The molecule has 0 fully saturated rings. The molecule has 0 aromatic heterocycles. The molecule has 0 heterocycles. The summed E-state index contributed by atoms with van der Waals surface area (Å²) in [6.45, 7) is 2.27. The second kappa shape index (κ2) is 8.26. The van der Waals surface area contributed by atoms with Gasteiger partial charge >= 0.3 is 5.97 Å². The van der Waals surface area contributed by atoms with Crippen LogP contribution in [0.5, 0.6) is 0 Å². The molecule has 0 saturated heterocycles. The van der Waals surface area contributed by atoms with Gasteiger partial charge in [0.05, 0.1) is 12.2 Å². The molecule has 0 radical (unpaired) electrons. The highest BCUT2D eigenvalue weighted by atomic mass is 16.5. The third-order valence-electron chi connectivity index (χ3n) is 4.08. The van der Waals surface area contributed by atoms with Crippen LogP contribution >= 0.6 is 0 Å². The predicted molar refractivity (Wildman–Crippen MR) is 102 cm³/mol. The van der Waals surface area contributed by atoms with Gasteiger partial charge in [-0.15, -0.1) is 0 Å². The van der Waals surface area contributed by atoms with Gasteiger partial charge in [-0.05, 0) is 23.6 Å². The van der Waals surface area contributed by atoms with Crippen LogP contribution in [-0.4, -0.2) is 18.4 Å². The first-order valence-electron chi connectivity index (χ1n) is 8.67. The van der Waals surface area contributed by atoms with Crippen molar-refractivity contribution < 1.29 is 14.3 Å². The SMILES string of the molecule is CCCOC(=O)c1ccccc1C(=O)c1ccc(-c2ccccc2)cc1. The van der Waals surface area contributed by atoms with Gasteiger partial charge in [-0.25, -0.2) is 4.79 Å². The van der Waals surface area contributed by atoms with E-state index in [1.807, 2.05) is 49.4 Å². The molecule has 0 atom stereocenters. The Balaban J connectivity index is 1.87. The van der Waals surface area contributed by atoms with Crippen LogP contribution in [0.4, 0.5) is 0 Å². The molecule has 0 aliphatic rings. The fourth-order valence-electron chi connectivity index (χ4n) is 2.73. The van der Waals surface area contributed by atoms with E-state index in [1.165, 1.54) is 0 Å². The largest absolute Gasteiger partial charge is 0.462 e. The van der Waals surface area contributed by atoms with Gasteiger partial charge in [-0.1, -0.05) is 79.7 Å². The molecule has 0 unspecified atom stereocenters. The summed E-state index contributed by atoms with van der Waals surface area (Å²) in [5.41, 5.74) is 3.34. The Hall–Kier alpha value is -3.20. The summed E-state index contributed by atoms with van der Waals surface area (Å²) in [6, 6.07) is 24.2. The summed E-state index contributed by atoms with van der Waals surface area (Å²) >= 11 is 0. The van der Waals surface area contributed by atoms with Gasteiger partial charge in [0.15, 0.2) is 5.78 Å². The maximum absolute atomic E-state index is 12.9. The van der Waals surface area contributed by atoms with Crippen molar-refractivity contribution in [3.63, 3.8) is 0 Å². The van der Waals surface area contributed by atoms with E-state index >= 15 is 0 Å². The number of ketones is 1. The zero-order valence-electron chi connectivity index (χ0n) is 14.6. The fourth-order valence-corrected chi connectivity index (χ4v) is 2.73. The molecule has 0 aliphatic heterocycles. The van der Waals surface area contributed by atoms with Gasteiger partial charge in [-0.3, -0.25) is 4.79 Å². The Morgan fingerprint density at radius 3 is 1.96 bits per heavy atom. The van der Waals surface area contributed by atoms with Crippen LogP contribution in [0.25, 0.3) is 11.1 Å². The molecule has 3 heteroatoms. The van der Waals surface area contributed by atoms with E-state index in [0.29, 0.717) is 23.3 Å². The molecule has 0 amide bonds. The molecule has 0 bridgehead atoms. The zero-order chi connectivity index (χ0) is 18.4. The lowest BCUT2D eigenvalue weighted by Crippen LogP contribution is -2.13. The van der Waals surface area contributed by atoms with Crippen molar-refractivity contribution in [2.24, 2.45) is 0 Å². The Bertz CT molecular complexity index is 896. The van der Waals surface area contributed by atoms with Crippen molar-refractivity contribution in [1.29, 1.82) is 0 Å². The Labute approximate surface area is 153 Å². The summed E-state index contributed by atoms with van der Waals surface area (Å²) in [7, 11) is 0. The van der Waals surface area contributed by atoms with E-state index in [-0.39, 0.29) is 5.78 Å². The van der Waals surface area contributed by atoms with E-state index < -0.39 is 5.97 Å². The lowest BCUT2D eigenvalue weighted by Gasteiger charge is -2.09. The average molecular weight is 344 g/mol. The van der Waals surface area contributed by atoms with Gasteiger partial charge in [0, 0.05) is 11.1 Å². The van der Waals surface area contributed by atoms with Crippen molar-refractivity contribution in [1.82, 2.24) is 0 Å². The third-order valence-corrected chi connectivity index (χ3v) is 4.08. The molecule has 0 saturated carbocycles. The van der Waals surface area contributed by atoms with Gasteiger partial charge in [0.1, 0.15) is 0 Å². The second-order valence-corrected chi connectivity index (χ2v) is 5.95. The van der Waals surface area contributed by atoms with Crippen LogP contribution < -0.4 is 0 Å². The molecule has 0 N–H and O–H groups in total. The highest BCUT2D eigenvalue weighted by Crippen LogP contribution is 2.21. The van der Waals surface area contributed by atoms with Crippen molar-refractivity contribution in [3.8, 4) is 11.1 Å². The van der Waals surface area contributed by atoms with Crippen LogP contribution in [0.3, 0.4) is 0 Å². The van der Waals surface area contributed by atoms with Gasteiger partial charge in [0.25, 0.3) is 0 Å². The summed E-state index contributed by atoms with van der Waals surface area (Å²) in [4.78, 5) is 25.1. The minimum Gasteiger partial charge on any atom is -0.462 e. The van der Waals surface area contributed by atoms with Crippen molar-refractivity contribution in [3.05, 3.63) is 95.6 Å². The quantitative estimate of drug-likeness (QED) is 0.459. The van der Waals surface area contributed by atoms with Gasteiger partial charge in [0.2, 0.25) is 0 Å². The second-order valence-electron chi connectivity index (χ2n) is 5.95. The van der Waals surface area contributed by atoms with Crippen LogP contribution in [0.1, 0.15) is 39.6 Å². The number of carbonyl (C=O) groups is 2.